The van der Waals surface area contributed by atoms with E-state index < -0.39 is 0 Å². The van der Waals surface area contributed by atoms with Crippen LogP contribution >= 0.6 is 0 Å². The number of carbonyl (C=O) groups excluding carboxylic acids is 1. The van der Waals surface area contributed by atoms with Crippen molar-refractivity contribution in [2.75, 3.05) is 26.7 Å². The van der Waals surface area contributed by atoms with Gasteiger partial charge in [-0.2, -0.15) is 0 Å². The highest BCUT2D eigenvalue weighted by Crippen LogP contribution is 2.16. The number of likely N-dealkylation sites (N-methyl/N-ethyl adjacent to an activating group) is 2. The lowest BCUT2D eigenvalue weighted by atomic mass is 10.0. The summed E-state index contributed by atoms with van der Waals surface area (Å²) < 4.78 is 0. The Morgan fingerprint density at radius 3 is 2.71 bits per heavy atom. The maximum absolute atomic E-state index is 11.9. The molecular weight excluding hydrogens is 180 g/mol. The van der Waals surface area contributed by atoms with Crippen LogP contribution in [0, 0.1) is 0 Å². The lowest BCUT2D eigenvalue weighted by Crippen LogP contribution is -2.59. The summed E-state index contributed by atoms with van der Waals surface area (Å²) in [5.41, 5.74) is 0. The van der Waals surface area contributed by atoms with Crippen molar-refractivity contribution in [3.63, 3.8) is 0 Å². The normalized spacial score (nSPS) is 29.7. The van der Waals surface area contributed by atoms with Gasteiger partial charge in [0, 0.05) is 25.7 Å². The van der Waals surface area contributed by atoms with Gasteiger partial charge in [-0.05, 0) is 27.3 Å². The second-order valence-corrected chi connectivity index (χ2v) is 3.92. The lowest BCUT2D eigenvalue weighted by Gasteiger charge is -2.42. The van der Waals surface area contributed by atoms with E-state index in [2.05, 4.69) is 11.8 Å². The predicted octanol–water partition coefficient (Wildman–Crippen LogP) is -0.0802. The zero-order valence-electron chi connectivity index (χ0n) is 9.23. The van der Waals surface area contributed by atoms with Gasteiger partial charge in [0.15, 0.2) is 0 Å². The summed E-state index contributed by atoms with van der Waals surface area (Å²) >= 11 is 0. The van der Waals surface area contributed by atoms with E-state index in [1.807, 2.05) is 18.9 Å². The van der Waals surface area contributed by atoms with Crippen molar-refractivity contribution in [2.24, 2.45) is 0 Å². The molecule has 0 radical (unpaired) electrons. The first-order valence-electron chi connectivity index (χ1n) is 5.23. The Balaban J connectivity index is 2.72. The SMILES string of the molecule is CCN1CC(C)N(C)C(CCO)C1=O. The topological polar surface area (TPSA) is 43.8 Å². The van der Waals surface area contributed by atoms with E-state index in [0.717, 1.165) is 13.1 Å². The van der Waals surface area contributed by atoms with E-state index >= 15 is 0 Å². The van der Waals surface area contributed by atoms with Gasteiger partial charge in [0.05, 0.1) is 6.04 Å². The quantitative estimate of drug-likeness (QED) is 0.693. The molecule has 2 unspecified atom stereocenters. The fraction of sp³-hybridized carbons (Fsp3) is 0.900. The first-order chi connectivity index (χ1) is 6.61. The molecule has 82 valence electrons. The Kier molecular flexibility index (Phi) is 3.89. The number of rotatable bonds is 3. The van der Waals surface area contributed by atoms with Crippen LogP contribution in [-0.2, 0) is 4.79 Å². The molecule has 0 aliphatic carbocycles. The van der Waals surface area contributed by atoms with E-state index in [9.17, 15) is 4.79 Å². The van der Waals surface area contributed by atoms with Gasteiger partial charge in [0.25, 0.3) is 0 Å². The lowest BCUT2D eigenvalue weighted by molar-refractivity contribution is -0.144. The maximum atomic E-state index is 11.9. The standard InChI is InChI=1S/C10H20N2O2/c1-4-12-7-8(2)11(3)9(5-6-13)10(12)14/h8-9,13H,4-7H2,1-3H3. The Morgan fingerprint density at radius 2 is 2.21 bits per heavy atom. The summed E-state index contributed by atoms with van der Waals surface area (Å²) in [5.74, 6) is 0.155. The minimum Gasteiger partial charge on any atom is -0.396 e. The molecule has 1 saturated heterocycles. The minimum atomic E-state index is -0.135. The number of nitrogens with zero attached hydrogens (tertiary/aromatic N) is 2. The number of hydrogen-bond acceptors (Lipinski definition) is 3. The van der Waals surface area contributed by atoms with Gasteiger partial charge in [-0.25, -0.2) is 0 Å². The van der Waals surface area contributed by atoms with Gasteiger partial charge < -0.3 is 10.0 Å². The monoisotopic (exact) mass is 200 g/mol. The third kappa shape index (κ3) is 2.07. The Hall–Kier alpha value is -0.610. The summed E-state index contributed by atoms with van der Waals surface area (Å²) in [4.78, 5) is 15.8. The molecule has 1 aliphatic rings. The number of aliphatic hydroxyl groups excluding tert-OH is 1. The highest BCUT2D eigenvalue weighted by Gasteiger charge is 2.35. The van der Waals surface area contributed by atoms with Gasteiger partial charge in [-0.3, -0.25) is 9.69 Å². The van der Waals surface area contributed by atoms with E-state index in [1.165, 1.54) is 0 Å². The summed E-state index contributed by atoms with van der Waals surface area (Å²) in [7, 11) is 1.95. The van der Waals surface area contributed by atoms with Crippen LogP contribution in [0.3, 0.4) is 0 Å². The molecule has 0 spiro atoms. The van der Waals surface area contributed by atoms with Crippen molar-refractivity contribution < 1.29 is 9.90 Å². The molecule has 0 aromatic carbocycles. The molecule has 1 fully saturated rings. The third-order valence-electron chi connectivity index (χ3n) is 3.05. The molecule has 0 saturated carbocycles. The summed E-state index contributed by atoms with van der Waals surface area (Å²) in [6, 6.07) is 0.243. The van der Waals surface area contributed by atoms with Crippen LogP contribution in [0.4, 0.5) is 0 Å². The summed E-state index contributed by atoms with van der Waals surface area (Å²) in [6.07, 6.45) is 0.538. The van der Waals surface area contributed by atoms with Crippen LogP contribution in [0.2, 0.25) is 0 Å². The third-order valence-corrected chi connectivity index (χ3v) is 3.05. The molecule has 14 heavy (non-hydrogen) atoms. The van der Waals surface area contributed by atoms with Gasteiger partial charge >= 0.3 is 0 Å². The number of piperazine rings is 1. The van der Waals surface area contributed by atoms with Crippen LogP contribution in [0.15, 0.2) is 0 Å². The molecule has 1 N–H and O–H groups in total. The molecule has 1 aliphatic heterocycles. The molecule has 1 rings (SSSR count). The number of carbonyl (C=O) groups is 1. The van der Waals surface area contributed by atoms with Crippen LogP contribution in [0.25, 0.3) is 0 Å². The van der Waals surface area contributed by atoms with Crippen molar-refractivity contribution in [3.05, 3.63) is 0 Å². The fourth-order valence-corrected chi connectivity index (χ4v) is 1.96. The van der Waals surface area contributed by atoms with Crippen LogP contribution in [0.5, 0.6) is 0 Å². The molecule has 0 bridgehead atoms. The highest BCUT2D eigenvalue weighted by molar-refractivity contribution is 5.82. The summed E-state index contributed by atoms with van der Waals surface area (Å²) in [5, 5.41) is 8.90. The van der Waals surface area contributed by atoms with Gasteiger partial charge in [0.1, 0.15) is 0 Å². The van der Waals surface area contributed by atoms with Crippen molar-refractivity contribution in [2.45, 2.75) is 32.4 Å². The first kappa shape index (κ1) is 11.5. The Labute approximate surface area is 85.5 Å². The van der Waals surface area contributed by atoms with E-state index in [0.29, 0.717) is 12.5 Å². The molecular formula is C10H20N2O2. The fourth-order valence-electron chi connectivity index (χ4n) is 1.96. The molecule has 0 aromatic rings. The minimum absolute atomic E-state index is 0.0744. The predicted molar refractivity (Wildman–Crippen MR) is 55.0 cm³/mol. The first-order valence-corrected chi connectivity index (χ1v) is 5.23. The molecule has 4 nitrogen and oxygen atoms in total. The van der Waals surface area contributed by atoms with Crippen LogP contribution < -0.4 is 0 Å². The number of hydrogen-bond donors (Lipinski definition) is 1. The van der Waals surface area contributed by atoms with Crippen molar-refractivity contribution >= 4 is 5.91 Å². The zero-order valence-corrected chi connectivity index (χ0v) is 9.23. The van der Waals surface area contributed by atoms with E-state index in [1.54, 1.807) is 0 Å². The molecule has 1 heterocycles. The average Bonchev–Trinajstić information content (AvgIpc) is 2.18. The Bertz CT molecular complexity index is 208. The van der Waals surface area contributed by atoms with Crippen molar-refractivity contribution in [3.8, 4) is 0 Å². The summed E-state index contributed by atoms with van der Waals surface area (Å²) in [6.45, 7) is 5.74. The average molecular weight is 200 g/mol. The Morgan fingerprint density at radius 1 is 1.57 bits per heavy atom. The molecule has 4 heteroatoms. The largest absolute Gasteiger partial charge is 0.396 e. The van der Waals surface area contributed by atoms with Gasteiger partial charge in [-0.1, -0.05) is 0 Å². The van der Waals surface area contributed by atoms with Gasteiger partial charge in [-0.15, -0.1) is 0 Å². The smallest absolute Gasteiger partial charge is 0.240 e. The highest BCUT2D eigenvalue weighted by atomic mass is 16.3. The zero-order chi connectivity index (χ0) is 10.7. The number of aliphatic hydroxyl groups is 1. The van der Waals surface area contributed by atoms with Crippen molar-refractivity contribution in [1.82, 2.24) is 9.80 Å². The van der Waals surface area contributed by atoms with E-state index in [4.69, 9.17) is 5.11 Å². The number of amides is 1. The van der Waals surface area contributed by atoms with Crippen LogP contribution in [0.1, 0.15) is 20.3 Å². The van der Waals surface area contributed by atoms with Gasteiger partial charge in [0.2, 0.25) is 5.91 Å². The second kappa shape index (κ2) is 4.75. The second-order valence-electron chi connectivity index (χ2n) is 3.92. The van der Waals surface area contributed by atoms with E-state index in [-0.39, 0.29) is 18.6 Å². The maximum Gasteiger partial charge on any atom is 0.240 e. The molecule has 0 aromatic heterocycles. The van der Waals surface area contributed by atoms with Crippen molar-refractivity contribution in [1.29, 1.82) is 0 Å². The van der Waals surface area contributed by atoms with Crippen LogP contribution in [-0.4, -0.2) is 59.6 Å². The molecule has 2 atom stereocenters. The molecule has 1 amide bonds.